The smallest absolute Gasteiger partial charge is 0.259 e. The number of benzene rings is 2. The van der Waals surface area contributed by atoms with Gasteiger partial charge in [0, 0.05) is 23.8 Å². The van der Waals surface area contributed by atoms with Crippen LogP contribution in [-0.2, 0) is 13.0 Å². The molecule has 1 aliphatic rings. The van der Waals surface area contributed by atoms with E-state index in [1.807, 2.05) is 19.1 Å². The largest absolute Gasteiger partial charge is 0.496 e. The van der Waals surface area contributed by atoms with Crippen LogP contribution in [0.3, 0.4) is 0 Å². The van der Waals surface area contributed by atoms with E-state index < -0.39 is 0 Å². The van der Waals surface area contributed by atoms with Crippen LogP contribution in [0.5, 0.6) is 5.75 Å². The Morgan fingerprint density at radius 3 is 2.88 bits per heavy atom. The molecule has 0 saturated heterocycles. The van der Waals surface area contributed by atoms with Crippen LogP contribution in [0.15, 0.2) is 30.3 Å². The zero-order valence-electron chi connectivity index (χ0n) is 14.1. The second kappa shape index (κ2) is 6.83. The number of ether oxygens (including phenoxy) is 1. The van der Waals surface area contributed by atoms with Crippen LogP contribution in [0.1, 0.15) is 27.0 Å². The van der Waals surface area contributed by atoms with Crippen molar-refractivity contribution >= 4 is 23.2 Å². The van der Waals surface area contributed by atoms with Gasteiger partial charge in [-0.3, -0.25) is 4.79 Å². The first kappa shape index (κ1) is 16.8. The molecule has 0 aliphatic carbocycles. The van der Waals surface area contributed by atoms with Gasteiger partial charge in [-0.25, -0.2) is 0 Å². The van der Waals surface area contributed by atoms with E-state index in [4.69, 9.17) is 16.3 Å². The molecule has 3 rings (SSSR count). The first-order valence-electron chi connectivity index (χ1n) is 7.94. The lowest BCUT2D eigenvalue weighted by molar-refractivity contribution is 0.102. The highest BCUT2D eigenvalue weighted by Crippen LogP contribution is 2.29. The molecule has 0 radical (unpaired) electrons. The van der Waals surface area contributed by atoms with Gasteiger partial charge in [0.15, 0.2) is 0 Å². The minimum Gasteiger partial charge on any atom is -0.496 e. The first-order chi connectivity index (χ1) is 11.5. The fourth-order valence-electron chi connectivity index (χ4n) is 3.06. The van der Waals surface area contributed by atoms with Gasteiger partial charge < -0.3 is 15.0 Å². The summed E-state index contributed by atoms with van der Waals surface area (Å²) in [6, 6.07) is 9.49. The normalized spacial score (nSPS) is 14.2. The topological polar surface area (TPSA) is 41.6 Å². The second-order valence-corrected chi connectivity index (χ2v) is 6.59. The molecule has 2 aromatic carbocycles. The quantitative estimate of drug-likeness (QED) is 0.918. The van der Waals surface area contributed by atoms with Gasteiger partial charge in [-0.05, 0) is 55.3 Å². The summed E-state index contributed by atoms with van der Waals surface area (Å²) in [6.45, 7) is 3.77. The minimum atomic E-state index is -0.207. The summed E-state index contributed by atoms with van der Waals surface area (Å²) in [4.78, 5) is 15.0. The highest BCUT2D eigenvalue weighted by Gasteiger charge is 2.19. The summed E-state index contributed by atoms with van der Waals surface area (Å²) in [5.41, 5.74) is 4.66. The van der Waals surface area contributed by atoms with Gasteiger partial charge in [-0.2, -0.15) is 0 Å². The van der Waals surface area contributed by atoms with Crippen molar-refractivity contribution in [3.63, 3.8) is 0 Å². The fraction of sp³-hybridized carbons (Fsp3) is 0.316. The van der Waals surface area contributed by atoms with Gasteiger partial charge in [-0.15, -0.1) is 0 Å². The summed E-state index contributed by atoms with van der Waals surface area (Å²) in [5.74, 6) is 0.319. The second-order valence-electron chi connectivity index (χ2n) is 6.19. The number of nitrogens with one attached hydrogen (secondary N) is 1. The van der Waals surface area contributed by atoms with Crippen LogP contribution in [0.4, 0.5) is 5.69 Å². The molecule has 1 heterocycles. The molecule has 0 aromatic heterocycles. The maximum atomic E-state index is 12.7. The number of rotatable bonds is 3. The van der Waals surface area contributed by atoms with Crippen LogP contribution >= 0.6 is 11.6 Å². The van der Waals surface area contributed by atoms with E-state index >= 15 is 0 Å². The molecule has 0 unspecified atom stereocenters. The molecule has 2 aromatic rings. The Labute approximate surface area is 147 Å². The van der Waals surface area contributed by atoms with Crippen molar-refractivity contribution in [3.8, 4) is 5.75 Å². The van der Waals surface area contributed by atoms with Crippen molar-refractivity contribution in [2.24, 2.45) is 0 Å². The number of hydrogen-bond acceptors (Lipinski definition) is 3. The average molecular weight is 345 g/mol. The zero-order valence-corrected chi connectivity index (χ0v) is 14.9. The molecule has 4 nitrogen and oxygen atoms in total. The number of carbonyl (C=O) groups is 1. The Morgan fingerprint density at radius 2 is 2.12 bits per heavy atom. The monoisotopic (exact) mass is 344 g/mol. The lowest BCUT2D eigenvalue weighted by Crippen LogP contribution is -2.27. The third-order valence-electron chi connectivity index (χ3n) is 4.43. The minimum absolute atomic E-state index is 0.207. The Kier molecular flexibility index (Phi) is 4.78. The van der Waals surface area contributed by atoms with E-state index in [9.17, 15) is 4.79 Å². The molecule has 1 aliphatic heterocycles. The van der Waals surface area contributed by atoms with Crippen molar-refractivity contribution < 1.29 is 9.53 Å². The van der Waals surface area contributed by atoms with Crippen LogP contribution in [0, 0.1) is 6.92 Å². The van der Waals surface area contributed by atoms with E-state index in [1.165, 1.54) is 11.1 Å². The van der Waals surface area contributed by atoms with E-state index in [-0.39, 0.29) is 5.91 Å². The van der Waals surface area contributed by atoms with Gasteiger partial charge in [0.25, 0.3) is 5.91 Å². The number of hydrogen-bond donors (Lipinski definition) is 1. The number of halogens is 1. The highest BCUT2D eigenvalue weighted by molar-refractivity contribution is 6.32. The van der Waals surface area contributed by atoms with Gasteiger partial charge >= 0.3 is 0 Å². The summed E-state index contributed by atoms with van der Waals surface area (Å²) in [5, 5.41) is 3.58. The molecule has 1 N–H and O–H groups in total. The van der Waals surface area contributed by atoms with Gasteiger partial charge in [0.2, 0.25) is 0 Å². The predicted octanol–water partition coefficient (Wildman–Crippen LogP) is 3.90. The van der Waals surface area contributed by atoms with Crippen LogP contribution in [0.25, 0.3) is 0 Å². The van der Waals surface area contributed by atoms with Crippen molar-refractivity contribution in [3.05, 3.63) is 57.6 Å². The summed E-state index contributed by atoms with van der Waals surface area (Å²) in [6.07, 6.45) is 0.925. The maximum absolute atomic E-state index is 12.7. The number of fused-ring (bicyclic) bond motifs is 1. The molecule has 0 fully saturated rings. The Bertz CT molecular complexity index is 789. The number of amides is 1. The molecule has 24 heavy (non-hydrogen) atoms. The Hall–Kier alpha value is -2.04. The molecule has 126 valence electrons. The molecule has 0 spiro atoms. The fourth-order valence-corrected chi connectivity index (χ4v) is 3.22. The number of methoxy groups -OCH3 is 1. The lowest BCUT2D eigenvalue weighted by atomic mass is 9.98. The number of anilines is 1. The Morgan fingerprint density at radius 1 is 1.33 bits per heavy atom. The summed E-state index contributed by atoms with van der Waals surface area (Å²) >= 11 is 6.18. The SMILES string of the molecule is COc1cc(C)c(Cl)cc1C(=O)Nc1cccc2c1CCN(C)C2. The van der Waals surface area contributed by atoms with Gasteiger partial charge in [-0.1, -0.05) is 23.7 Å². The first-order valence-corrected chi connectivity index (χ1v) is 8.32. The molecular weight excluding hydrogens is 324 g/mol. The van der Waals surface area contributed by atoms with Crippen LogP contribution in [-0.4, -0.2) is 31.5 Å². The van der Waals surface area contributed by atoms with Crippen molar-refractivity contribution in [1.29, 1.82) is 0 Å². The summed E-state index contributed by atoms with van der Waals surface area (Å²) in [7, 11) is 3.66. The van der Waals surface area contributed by atoms with Crippen LogP contribution < -0.4 is 10.1 Å². The summed E-state index contributed by atoms with van der Waals surface area (Å²) < 4.78 is 5.34. The number of likely N-dealkylation sites (N-methyl/N-ethyl adjacent to an activating group) is 1. The third kappa shape index (κ3) is 3.25. The maximum Gasteiger partial charge on any atom is 0.259 e. The lowest BCUT2D eigenvalue weighted by Gasteiger charge is -2.26. The zero-order chi connectivity index (χ0) is 17.3. The molecule has 0 atom stereocenters. The van der Waals surface area contributed by atoms with Gasteiger partial charge in [0.1, 0.15) is 5.75 Å². The molecule has 1 amide bonds. The van der Waals surface area contributed by atoms with Crippen molar-refractivity contribution in [2.45, 2.75) is 19.9 Å². The predicted molar refractivity (Wildman–Crippen MR) is 97.2 cm³/mol. The van der Waals surface area contributed by atoms with E-state index in [0.717, 1.165) is 30.8 Å². The number of aryl methyl sites for hydroxylation is 1. The number of carbonyl (C=O) groups excluding carboxylic acids is 1. The average Bonchev–Trinajstić information content (AvgIpc) is 2.56. The van der Waals surface area contributed by atoms with Crippen LogP contribution in [0.2, 0.25) is 5.02 Å². The van der Waals surface area contributed by atoms with E-state index in [1.54, 1.807) is 19.2 Å². The molecule has 0 bridgehead atoms. The third-order valence-corrected chi connectivity index (χ3v) is 4.84. The number of nitrogens with zero attached hydrogens (tertiary/aromatic N) is 1. The Balaban J connectivity index is 1.91. The van der Waals surface area contributed by atoms with Crippen molar-refractivity contribution in [2.75, 3.05) is 26.0 Å². The molecule has 0 saturated carbocycles. The van der Waals surface area contributed by atoms with E-state index in [2.05, 4.69) is 23.3 Å². The molecular formula is C19H21ClN2O2. The van der Waals surface area contributed by atoms with Gasteiger partial charge in [0.05, 0.1) is 12.7 Å². The molecule has 5 heteroatoms. The van der Waals surface area contributed by atoms with E-state index in [0.29, 0.717) is 16.3 Å². The highest BCUT2D eigenvalue weighted by atomic mass is 35.5. The standard InChI is InChI=1S/C19H21ClN2O2/c1-12-9-18(24-3)15(10-16(12)20)19(23)21-17-6-4-5-13-11-22(2)8-7-14(13)17/h4-6,9-10H,7-8,11H2,1-3H3,(H,21,23). The van der Waals surface area contributed by atoms with Crippen molar-refractivity contribution in [1.82, 2.24) is 4.90 Å².